The fraction of sp³-hybridized carbons (Fsp3) is 0.435. The number of hydrogen-bond acceptors (Lipinski definition) is 3. The van der Waals surface area contributed by atoms with Crippen LogP contribution in [0.25, 0.3) is 0 Å². The summed E-state index contributed by atoms with van der Waals surface area (Å²) in [5, 5.41) is 6.74. The summed E-state index contributed by atoms with van der Waals surface area (Å²) in [5.41, 5.74) is 3.65. The van der Waals surface area contributed by atoms with Crippen LogP contribution in [0.5, 0.6) is 5.75 Å². The minimum atomic E-state index is -0.136. The number of piperidine rings is 1. The van der Waals surface area contributed by atoms with Crippen molar-refractivity contribution < 1.29 is 9.53 Å². The molecule has 1 heterocycles. The van der Waals surface area contributed by atoms with Gasteiger partial charge in [0.1, 0.15) is 5.75 Å². The number of hydrogen-bond donors (Lipinski definition) is 2. The number of carbonyl (C=O) groups is 1. The molecule has 1 saturated heterocycles. The molecule has 0 bridgehead atoms. The van der Waals surface area contributed by atoms with Gasteiger partial charge in [-0.15, -0.1) is 0 Å². The second kappa shape index (κ2) is 7.35. The van der Waals surface area contributed by atoms with E-state index in [0.29, 0.717) is 0 Å². The molecule has 1 spiro atoms. The number of methoxy groups -OCH3 is 1. The van der Waals surface area contributed by atoms with Gasteiger partial charge in [-0.05, 0) is 68.0 Å². The van der Waals surface area contributed by atoms with E-state index in [-0.39, 0.29) is 23.3 Å². The number of nitrogens with one attached hydrogen (secondary N) is 2. The van der Waals surface area contributed by atoms with Gasteiger partial charge in [0.05, 0.1) is 13.2 Å². The van der Waals surface area contributed by atoms with Gasteiger partial charge in [-0.2, -0.15) is 0 Å². The van der Waals surface area contributed by atoms with Crippen LogP contribution in [-0.4, -0.2) is 26.1 Å². The second-order valence-electron chi connectivity index (χ2n) is 7.99. The number of benzene rings is 2. The Hall–Kier alpha value is -2.33. The van der Waals surface area contributed by atoms with Crippen LogP contribution in [0.1, 0.15) is 42.0 Å². The zero-order valence-electron chi connectivity index (χ0n) is 16.1. The molecule has 4 rings (SSSR count). The average Bonchev–Trinajstić information content (AvgIpc) is 3.40. The third kappa shape index (κ3) is 3.72. The SMILES string of the molecule is COc1ccc(C(NC(=O)C2CC23CCNCC3)c2ccc(C)cc2)cc1. The first-order valence-electron chi connectivity index (χ1n) is 9.83. The zero-order chi connectivity index (χ0) is 18.9. The van der Waals surface area contributed by atoms with Gasteiger partial charge in [0.2, 0.25) is 5.91 Å². The molecule has 4 nitrogen and oxygen atoms in total. The smallest absolute Gasteiger partial charge is 0.224 e. The van der Waals surface area contributed by atoms with E-state index < -0.39 is 0 Å². The Bertz CT molecular complexity index is 792. The Balaban J connectivity index is 1.56. The number of aryl methyl sites for hydroxylation is 1. The summed E-state index contributed by atoms with van der Waals surface area (Å²) in [7, 11) is 1.67. The molecule has 2 aromatic rings. The highest BCUT2D eigenvalue weighted by Crippen LogP contribution is 2.58. The number of ether oxygens (including phenoxy) is 1. The van der Waals surface area contributed by atoms with Gasteiger partial charge < -0.3 is 15.4 Å². The van der Waals surface area contributed by atoms with Gasteiger partial charge in [-0.25, -0.2) is 0 Å². The molecule has 142 valence electrons. The lowest BCUT2D eigenvalue weighted by Crippen LogP contribution is -2.35. The monoisotopic (exact) mass is 364 g/mol. The summed E-state index contributed by atoms with van der Waals surface area (Å²) in [6, 6.07) is 16.3. The zero-order valence-corrected chi connectivity index (χ0v) is 16.1. The highest BCUT2D eigenvalue weighted by molar-refractivity contribution is 5.83. The van der Waals surface area contributed by atoms with Crippen LogP contribution in [0.4, 0.5) is 0 Å². The van der Waals surface area contributed by atoms with Crippen molar-refractivity contribution in [2.24, 2.45) is 11.3 Å². The van der Waals surface area contributed by atoms with Gasteiger partial charge in [-0.3, -0.25) is 4.79 Å². The molecule has 2 aliphatic rings. The molecule has 2 aromatic carbocycles. The predicted octanol–water partition coefficient (Wildman–Crippen LogP) is 3.60. The van der Waals surface area contributed by atoms with Gasteiger partial charge in [0.25, 0.3) is 0 Å². The molecule has 1 aliphatic heterocycles. The first kappa shape index (κ1) is 18.1. The molecule has 27 heavy (non-hydrogen) atoms. The van der Waals surface area contributed by atoms with Crippen LogP contribution in [0.2, 0.25) is 0 Å². The molecule has 2 unspecified atom stereocenters. The largest absolute Gasteiger partial charge is 0.497 e. The molecule has 1 amide bonds. The Morgan fingerprint density at radius 3 is 2.26 bits per heavy atom. The second-order valence-corrected chi connectivity index (χ2v) is 7.99. The molecule has 1 aliphatic carbocycles. The normalized spacial score (nSPS) is 21.5. The molecular formula is C23H28N2O2. The Morgan fingerprint density at radius 1 is 1.07 bits per heavy atom. The van der Waals surface area contributed by atoms with Crippen LogP contribution in [0.3, 0.4) is 0 Å². The highest BCUT2D eigenvalue weighted by Gasteiger charge is 2.57. The summed E-state index contributed by atoms with van der Waals surface area (Å²) in [4.78, 5) is 13.1. The van der Waals surface area contributed by atoms with E-state index in [9.17, 15) is 4.79 Å². The fourth-order valence-corrected chi connectivity index (χ4v) is 4.35. The third-order valence-electron chi connectivity index (χ3n) is 6.25. The number of rotatable bonds is 5. The van der Waals surface area contributed by atoms with Crippen LogP contribution in [0.15, 0.2) is 48.5 Å². The van der Waals surface area contributed by atoms with E-state index in [1.165, 1.54) is 5.56 Å². The first-order valence-corrected chi connectivity index (χ1v) is 9.83. The summed E-state index contributed by atoms with van der Waals surface area (Å²) < 4.78 is 5.28. The fourth-order valence-electron chi connectivity index (χ4n) is 4.35. The van der Waals surface area contributed by atoms with E-state index in [1.54, 1.807) is 7.11 Å². The number of amides is 1. The average molecular weight is 364 g/mol. The van der Waals surface area contributed by atoms with E-state index in [4.69, 9.17) is 4.74 Å². The highest BCUT2D eigenvalue weighted by atomic mass is 16.5. The lowest BCUT2D eigenvalue weighted by atomic mass is 9.91. The maximum absolute atomic E-state index is 13.1. The van der Waals surface area contributed by atoms with Crippen LogP contribution >= 0.6 is 0 Å². The molecular weight excluding hydrogens is 336 g/mol. The van der Waals surface area contributed by atoms with Crippen molar-refractivity contribution in [3.05, 3.63) is 65.2 Å². The van der Waals surface area contributed by atoms with Crippen molar-refractivity contribution in [3.63, 3.8) is 0 Å². The lowest BCUT2D eigenvalue weighted by Gasteiger charge is -2.25. The molecule has 1 saturated carbocycles. The Kier molecular flexibility index (Phi) is 4.92. The van der Waals surface area contributed by atoms with Crippen LogP contribution in [0, 0.1) is 18.3 Å². The minimum Gasteiger partial charge on any atom is -0.497 e. The van der Waals surface area contributed by atoms with Crippen molar-refractivity contribution >= 4 is 5.91 Å². The molecule has 0 aromatic heterocycles. The van der Waals surface area contributed by atoms with Gasteiger partial charge in [0, 0.05) is 5.92 Å². The van der Waals surface area contributed by atoms with E-state index in [0.717, 1.165) is 49.2 Å². The summed E-state index contributed by atoms with van der Waals surface area (Å²) >= 11 is 0. The van der Waals surface area contributed by atoms with E-state index >= 15 is 0 Å². The van der Waals surface area contributed by atoms with Crippen molar-refractivity contribution in [2.75, 3.05) is 20.2 Å². The third-order valence-corrected chi connectivity index (χ3v) is 6.25. The predicted molar refractivity (Wildman–Crippen MR) is 107 cm³/mol. The topological polar surface area (TPSA) is 50.4 Å². The maximum Gasteiger partial charge on any atom is 0.224 e. The van der Waals surface area contributed by atoms with Gasteiger partial charge >= 0.3 is 0 Å². The first-order chi connectivity index (χ1) is 13.1. The van der Waals surface area contributed by atoms with Crippen molar-refractivity contribution in [1.29, 1.82) is 0 Å². The minimum absolute atomic E-state index is 0.136. The molecule has 2 atom stereocenters. The standard InChI is InChI=1S/C23H28N2O2/c1-16-3-5-17(6-4-16)21(18-7-9-19(27-2)10-8-18)25-22(26)20-15-23(20)11-13-24-14-12-23/h3-10,20-21,24H,11-15H2,1-2H3,(H,25,26). The van der Waals surface area contributed by atoms with Crippen LogP contribution in [-0.2, 0) is 4.79 Å². The van der Waals surface area contributed by atoms with E-state index in [1.807, 2.05) is 24.3 Å². The molecule has 4 heteroatoms. The summed E-state index contributed by atoms with van der Waals surface area (Å²) in [6.45, 7) is 4.14. The van der Waals surface area contributed by atoms with Crippen molar-refractivity contribution in [2.45, 2.75) is 32.2 Å². The summed E-state index contributed by atoms with van der Waals surface area (Å²) in [6.07, 6.45) is 3.26. The number of carbonyl (C=O) groups excluding carboxylic acids is 1. The Morgan fingerprint density at radius 2 is 1.67 bits per heavy atom. The van der Waals surface area contributed by atoms with Gasteiger partial charge in [-0.1, -0.05) is 42.0 Å². The molecule has 0 radical (unpaired) electrons. The van der Waals surface area contributed by atoms with Crippen molar-refractivity contribution in [1.82, 2.24) is 10.6 Å². The van der Waals surface area contributed by atoms with Crippen molar-refractivity contribution in [3.8, 4) is 5.75 Å². The Labute approximate surface area is 161 Å². The van der Waals surface area contributed by atoms with Crippen LogP contribution < -0.4 is 15.4 Å². The van der Waals surface area contributed by atoms with E-state index in [2.05, 4.69) is 41.8 Å². The maximum atomic E-state index is 13.1. The molecule has 2 N–H and O–H groups in total. The lowest BCUT2D eigenvalue weighted by molar-refractivity contribution is -0.123. The quantitative estimate of drug-likeness (QED) is 0.852. The van der Waals surface area contributed by atoms with Gasteiger partial charge in [0.15, 0.2) is 0 Å². The molecule has 2 fully saturated rings. The summed E-state index contributed by atoms with van der Waals surface area (Å²) in [5.74, 6) is 1.17.